The van der Waals surface area contributed by atoms with Gasteiger partial charge in [-0.05, 0) is 34.8 Å². The molecule has 1 aromatic heterocycles. The van der Waals surface area contributed by atoms with Crippen LogP contribution < -0.4 is 5.73 Å². The van der Waals surface area contributed by atoms with Crippen molar-refractivity contribution in [1.29, 1.82) is 0 Å². The molecule has 78 valence electrons. The summed E-state index contributed by atoms with van der Waals surface area (Å²) in [6.07, 6.45) is 1.57. The van der Waals surface area contributed by atoms with Gasteiger partial charge in [-0.3, -0.25) is 0 Å². The highest BCUT2D eigenvalue weighted by molar-refractivity contribution is 9.10. The Kier molecular flexibility index (Phi) is 2.92. The van der Waals surface area contributed by atoms with Gasteiger partial charge in [0.25, 0.3) is 0 Å². The minimum absolute atomic E-state index is 0.0758. The fourth-order valence-corrected chi connectivity index (χ4v) is 3.41. The lowest BCUT2D eigenvalue weighted by molar-refractivity contribution is 0.101. The van der Waals surface area contributed by atoms with Crippen molar-refractivity contribution in [3.05, 3.63) is 19.8 Å². The second-order valence-electron chi connectivity index (χ2n) is 3.74. The number of halogens is 2. The first kappa shape index (κ1) is 10.9. The number of thiophene rings is 1. The Labute approximate surface area is 100 Å². The van der Waals surface area contributed by atoms with Crippen LogP contribution >= 0.6 is 38.9 Å². The number of aliphatic hydroxyl groups excluding tert-OH is 1. The summed E-state index contributed by atoms with van der Waals surface area (Å²) in [4.78, 5) is 0.907. The van der Waals surface area contributed by atoms with Crippen molar-refractivity contribution >= 4 is 38.9 Å². The van der Waals surface area contributed by atoms with Gasteiger partial charge in [-0.15, -0.1) is 11.3 Å². The molecule has 0 bridgehead atoms. The lowest BCUT2D eigenvalue weighted by atomic mass is 9.98. The van der Waals surface area contributed by atoms with Crippen LogP contribution in [0.1, 0.15) is 23.8 Å². The molecular weight excluding hydrogens is 286 g/mol. The summed E-state index contributed by atoms with van der Waals surface area (Å²) in [6, 6.07) is 1.88. The molecular formula is C9H11BrClNOS. The van der Waals surface area contributed by atoms with E-state index in [0.717, 1.165) is 22.2 Å². The molecule has 2 rings (SSSR count). The van der Waals surface area contributed by atoms with E-state index in [4.69, 9.17) is 17.3 Å². The molecule has 14 heavy (non-hydrogen) atoms. The van der Waals surface area contributed by atoms with Crippen LogP contribution in [0.4, 0.5) is 0 Å². The smallest absolute Gasteiger partial charge is 0.107 e. The minimum atomic E-state index is -0.457. The average molecular weight is 297 g/mol. The topological polar surface area (TPSA) is 46.2 Å². The van der Waals surface area contributed by atoms with Crippen molar-refractivity contribution in [2.75, 3.05) is 6.54 Å². The fourth-order valence-electron chi connectivity index (χ4n) is 1.55. The molecule has 1 aliphatic rings. The maximum Gasteiger partial charge on any atom is 0.107 e. The van der Waals surface area contributed by atoms with Crippen molar-refractivity contribution < 1.29 is 5.11 Å². The highest BCUT2D eigenvalue weighted by Gasteiger charge is 2.48. The maximum atomic E-state index is 10.1. The van der Waals surface area contributed by atoms with Crippen molar-refractivity contribution in [2.24, 2.45) is 11.1 Å². The quantitative estimate of drug-likeness (QED) is 0.901. The van der Waals surface area contributed by atoms with Gasteiger partial charge in [0.15, 0.2) is 0 Å². The van der Waals surface area contributed by atoms with Gasteiger partial charge in [0, 0.05) is 21.3 Å². The summed E-state index contributed by atoms with van der Waals surface area (Å²) in [5.74, 6) is 0. The van der Waals surface area contributed by atoms with Gasteiger partial charge in [-0.2, -0.15) is 0 Å². The second kappa shape index (κ2) is 3.76. The Hall–Kier alpha value is 0.390. The maximum absolute atomic E-state index is 10.1. The van der Waals surface area contributed by atoms with Gasteiger partial charge in [-0.25, -0.2) is 0 Å². The normalized spacial score (nSPS) is 20.9. The highest BCUT2D eigenvalue weighted by Crippen LogP contribution is 2.55. The minimum Gasteiger partial charge on any atom is -0.387 e. The molecule has 0 saturated heterocycles. The van der Waals surface area contributed by atoms with Crippen LogP contribution in [0.2, 0.25) is 4.34 Å². The molecule has 1 atom stereocenters. The Morgan fingerprint density at radius 2 is 2.36 bits per heavy atom. The van der Waals surface area contributed by atoms with E-state index in [-0.39, 0.29) is 5.41 Å². The molecule has 5 heteroatoms. The highest BCUT2D eigenvalue weighted by atomic mass is 79.9. The molecule has 0 aromatic carbocycles. The van der Waals surface area contributed by atoms with Crippen LogP contribution in [-0.2, 0) is 0 Å². The lowest BCUT2D eigenvalue weighted by Gasteiger charge is -2.18. The predicted molar refractivity (Wildman–Crippen MR) is 62.7 cm³/mol. The molecule has 1 heterocycles. The number of rotatable bonds is 3. The van der Waals surface area contributed by atoms with E-state index in [1.807, 2.05) is 6.07 Å². The molecule has 0 radical (unpaired) electrons. The lowest BCUT2D eigenvalue weighted by Crippen LogP contribution is -2.22. The monoisotopic (exact) mass is 295 g/mol. The van der Waals surface area contributed by atoms with E-state index < -0.39 is 6.10 Å². The van der Waals surface area contributed by atoms with E-state index in [1.165, 1.54) is 11.3 Å². The zero-order valence-electron chi connectivity index (χ0n) is 7.46. The molecule has 0 spiro atoms. The Morgan fingerprint density at radius 1 is 1.71 bits per heavy atom. The average Bonchev–Trinajstić information content (AvgIpc) is 2.90. The van der Waals surface area contributed by atoms with Crippen LogP contribution in [0.15, 0.2) is 10.5 Å². The molecule has 3 N–H and O–H groups in total. The molecule has 1 unspecified atom stereocenters. The SMILES string of the molecule is NCC1(C(O)c2cc(Br)c(Cl)s2)CC1. The van der Waals surface area contributed by atoms with Gasteiger partial charge < -0.3 is 10.8 Å². The third kappa shape index (κ3) is 1.74. The first-order valence-electron chi connectivity index (χ1n) is 4.42. The van der Waals surface area contributed by atoms with Crippen LogP contribution in [0.5, 0.6) is 0 Å². The third-order valence-corrected chi connectivity index (χ3v) is 5.34. The summed E-state index contributed by atoms with van der Waals surface area (Å²) in [6.45, 7) is 0.543. The summed E-state index contributed by atoms with van der Waals surface area (Å²) in [5, 5.41) is 10.1. The van der Waals surface area contributed by atoms with Gasteiger partial charge in [-0.1, -0.05) is 11.6 Å². The predicted octanol–water partition coefficient (Wildman–Crippen LogP) is 2.94. The van der Waals surface area contributed by atoms with Gasteiger partial charge in [0.2, 0.25) is 0 Å². The van der Waals surface area contributed by atoms with Crippen LogP contribution in [0.25, 0.3) is 0 Å². The van der Waals surface area contributed by atoms with E-state index in [0.29, 0.717) is 10.9 Å². The van der Waals surface area contributed by atoms with Crippen molar-refractivity contribution in [1.82, 2.24) is 0 Å². The molecule has 0 amide bonds. The van der Waals surface area contributed by atoms with Crippen LogP contribution in [0, 0.1) is 5.41 Å². The van der Waals surface area contributed by atoms with Crippen molar-refractivity contribution in [2.45, 2.75) is 18.9 Å². The Bertz CT molecular complexity index is 331. The standard InChI is InChI=1S/C9H11BrClNOS/c10-5-3-6(14-8(5)11)7(13)9(4-12)1-2-9/h3,7,13H,1-2,4,12H2. The fraction of sp³-hybridized carbons (Fsp3) is 0.556. The number of hydrogen-bond acceptors (Lipinski definition) is 3. The van der Waals surface area contributed by atoms with Crippen LogP contribution in [0.3, 0.4) is 0 Å². The Morgan fingerprint density at radius 3 is 2.71 bits per heavy atom. The summed E-state index contributed by atoms with van der Waals surface area (Å²) in [5.41, 5.74) is 5.58. The Balaban J connectivity index is 2.23. The molecule has 2 nitrogen and oxygen atoms in total. The molecule has 1 aromatic rings. The third-order valence-electron chi connectivity index (χ3n) is 2.81. The summed E-state index contributed by atoms with van der Waals surface area (Å²) >= 11 is 10.7. The zero-order valence-corrected chi connectivity index (χ0v) is 10.6. The van der Waals surface area contributed by atoms with Crippen LogP contribution in [-0.4, -0.2) is 11.7 Å². The zero-order chi connectivity index (χ0) is 10.3. The van der Waals surface area contributed by atoms with Crippen molar-refractivity contribution in [3.63, 3.8) is 0 Å². The summed E-state index contributed by atoms with van der Waals surface area (Å²) in [7, 11) is 0. The molecule has 1 aliphatic carbocycles. The van der Waals surface area contributed by atoms with Gasteiger partial charge in [0.05, 0.1) is 6.10 Å². The number of nitrogens with two attached hydrogens (primary N) is 1. The van der Waals surface area contributed by atoms with Gasteiger partial charge in [0.1, 0.15) is 4.34 Å². The first-order valence-corrected chi connectivity index (χ1v) is 6.41. The van der Waals surface area contributed by atoms with Crippen molar-refractivity contribution in [3.8, 4) is 0 Å². The second-order valence-corrected chi connectivity index (χ2v) is 6.28. The van der Waals surface area contributed by atoms with E-state index in [9.17, 15) is 5.11 Å². The molecule has 1 fully saturated rings. The molecule has 0 aliphatic heterocycles. The largest absolute Gasteiger partial charge is 0.387 e. The number of aliphatic hydroxyl groups is 1. The van der Waals surface area contributed by atoms with E-state index >= 15 is 0 Å². The van der Waals surface area contributed by atoms with Gasteiger partial charge >= 0.3 is 0 Å². The molecule has 1 saturated carbocycles. The number of hydrogen-bond donors (Lipinski definition) is 2. The van der Waals surface area contributed by atoms with E-state index in [1.54, 1.807) is 0 Å². The summed E-state index contributed by atoms with van der Waals surface area (Å²) < 4.78 is 1.54. The first-order chi connectivity index (χ1) is 6.59. The van der Waals surface area contributed by atoms with E-state index in [2.05, 4.69) is 15.9 Å².